The molecule has 0 radical (unpaired) electrons. The van der Waals surface area contributed by atoms with Gasteiger partial charge in [0.25, 0.3) is 0 Å². The predicted octanol–water partition coefficient (Wildman–Crippen LogP) is 2.24. The molecule has 0 fully saturated rings. The highest BCUT2D eigenvalue weighted by atomic mass is 79.9. The molecule has 0 aromatic heterocycles. The van der Waals surface area contributed by atoms with E-state index in [4.69, 9.17) is 5.21 Å². The standard InChI is InChI=1S/C8H10BrNO/c1-6-4-7(5-10-11)2-3-8(6)9/h2-4,10-11H,5H2,1H3. The van der Waals surface area contributed by atoms with Gasteiger partial charge in [0.15, 0.2) is 0 Å². The number of hydrogen-bond donors (Lipinski definition) is 2. The lowest BCUT2D eigenvalue weighted by Crippen LogP contribution is -2.05. The monoisotopic (exact) mass is 215 g/mol. The second kappa shape index (κ2) is 3.85. The topological polar surface area (TPSA) is 32.3 Å². The van der Waals surface area contributed by atoms with Gasteiger partial charge in [-0.2, -0.15) is 0 Å². The molecule has 2 N–H and O–H groups in total. The largest absolute Gasteiger partial charge is 0.316 e. The molecule has 0 bridgehead atoms. The van der Waals surface area contributed by atoms with Crippen LogP contribution in [0.1, 0.15) is 11.1 Å². The summed E-state index contributed by atoms with van der Waals surface area (Å²) in [6, 6.07) is 5.95. The summed E-state index contributed by atoms with van der Waals surface area (Å²) in [7, 11) is 0. The molecule has 3 heteroatoms. The van der Waals surface area contributed by atoms with Gasteiger partial charge < -0.3 is 5.21 Å². The lowest BCUT2D eigenvalue weighted by Gasteiger charge is -2.01. The molecule has 0 spiro atoms. The third kappa shape index (κ3) is 2.29. The van der Waals surface area contributed by atoms with Gasteiger partial charge in [-0.15, -0.1) is 0 Å². The maximum atomic E-state index is 8.42. The molecule has 0 atom stereocenters. The fourth-order valence-electron chi connectivity index (χ4n) is 0.908. The second-order valence-electron chi connectivity index (χ2n) is 2.42. The molecule has 0 saturated heterocycles. The van der Waals surface area contributed by atoms with Crippen molar-refractivity contribution in [3.8, 4) is 0 Å². The van der Waals surface area contributed by atoms with E-state index in [9.17, 15) is 0 Å². The highest BCUT2D eigenvalue weighted by Crippen LogP contribution is 2.16. The van der Waals surface area contributed by atoms with E-state index in [1.54, 1.807) is 0 Å². The van der Waals surface area contributed by atoms with Gasteiger partial charge in [0.2, 0.25) is 0 Å². The molecule has 0 saturated carbocycles. The normalized spacial score (nSPS) is 10.1. The van der Waals surface area contributed by atoms with E-state index in [-0.39, 0.29) is 0 Å². The highest BCUT2D eigenvalue weighted by Gasteiger charge is 1.95. The number of nitrogens with one attached hydrogen (secondary N) is 1. The molecule has 0 amide bonds. The van der Waals surface area contributed by atoms with Crippen LogP contribution < -0.4 is 5.48 Å². The van der Waals surface area contributed by atoms with Gasteiger partial charge in [-0.05, 0) is 24.1 Å². The summed E-state index contributed by atoms with van der Waals surface area (Å²) < 4.78 is 1.10. The van der Waals surface area contributed by atoms with Crippen molar-refractivity contribution in [2.24, 2.45) is 0 Å². The maximum Gasteiger partial charge on any atom is 0.0458 e. The highest BCUT2D eigenvalue weighted by molar-refractivity contribution is 9.10. The average Bonchev–Trinajstić information content (AvgIpc) is 1.98. The van der Waals surface area contributed by atoms with E-state index in [1.165, 1.54) is 5.56 Å². The molecule has 2 nitrogen and oxygen atoms in total. The molecule has 0 unspecified atom stereocenters. The van der Waals surface area contributed by atoms with Gasteiger partial charge >= 0.3 is 0 Å². The van der Waals surface area contributed by atoms with Gasteiger partial charge in [-0.1, -0.05) is 28.1 Å². The summed E-state index contributed by atoms with van der Waals surface area (Å²) in [5.74, 6) is 0. The molecular weight excluding hydrogens is 206 g/mol. The van der Waals surface area contributed by atoms with Crippen LogP contribution >= 0.6 is 15.9 Å². The minimum absolute atomic E-state index is 0.494. The Labute approximate surface area is 74.3 Å². The summed E-state index contributed by atoms with van der Waals surface area (Å²) in [5.41, 5.74) is 4.37. The number of hydroxylamine groups is 1. The maximum absolute atomic E-state index is 8.42. The zero-order valence-corrected chi connectivity index (χ0v) is 7.85. The molecule has 0 aliphatic rings. The van der Waals surface area contributed by atoms with Crippen LogP contribution in [0.5, 0.6) is 0 Å². The van der Waals surface area contributed by atoms with Gasteiger partial charge in [-0.25, -0.2) is 5.48 Å². The Hall–Kier alpha value is -0.380. The summed E-state index contributed by atoms with van der Waals surface area (Å²) in [6.07, 6.45) is 0. The number of benzene rings is 1. The molecule has 1 rings (SSSR count). The smallest absolute Gasteiger partial charge is 0.0458 e. The average molecular weight is 216 g/mol. The van der Waals surface area contributed by atoms with Crippen molar-refractivity contribution in [2.75, 3.05) is 0 Å². The van der Waals surface area contributed by atoms with E-state index < -0.39 is 0 Å². The zero-order valence-electron chi connectivity index (χ0n) is 6.26. The first-order chi connectivity index (χ1) is 5.24. The number of rotatable bonds is 2. The Morgan fingerprint density at radius 2 is 2.27 bits per heavy atom. The van der Waals surface area contributed by atoms with E-state index in [1.807, 2.05) is 25.1 Å². The van der Waals surface area contributed by atoms with Crippen LogP contribution in [-0.2, 0) is 6.54 Å². The third-order valence-corrected chi connectivity index (χ3v) is 2.40. The van der Waals surface area contributed by atoms with Crippen LogP contribution in [-0.4, -0.2) is 5.21 Å². The molecule has 0 heterocycles. The van der Waals surface area contributed by atoms with Crippen LogP contribution in [0, 0.1) is 6.92 Å². The van der Waals surface area contributed by atoms with Crippen LogP contribution in [0.3, 0.4) is 0 Å². The molecule has 1 aromatic rings. The van der Waals surface area contributed by atoms with Crippen LogP contribution in [0.2, 0.25) is 0 Å². The minimum atomic E-state index is 0.494. The van der Waals surface area contributed by atoms with E-state index in [0.29, 0.717) is 6.54 Å². The van der Waals surface area contributed by atoms with E-state index in [0.717, 1.165) is 10.0 Å². The number of aryl methyl sites for hydroxylation is 1. The van der Waals surface area contributed by atoms with Crippen LogP contribution in [0.15, 0.2) is 22.7 Å². The van der Waals surface area contributed by atoms with Crippen molar-refractivity contribution in [1.29, 1.82) is 0 Å². The van der Waals surface area contributed by atoms with Crippen LogP contribution in [0.25, 0.3) is 0 Å². The fourth-order valence-corrected chi connectivity index (χ4v) is 1.15. The third-order valence-electron chi connectivity index (χ3n) is 1.51. The summed E-state index contributed by atoms with van der Waals surface area (Å²) >= 11 is 3.40. The van der Waals surface area contributed by atoms with Crippen molar-refractivity contribution in [2.45, 2.75) is 13.5 Å². The Morgan fingerprint density at radius 3 is 2.82 bits per heavy atom. The SMILES string of the molecule is Cc1cc(CNO)ccc1Br. The molecule has 1 aromatic carbocycles. The van der Waals surface area contributed by atoms with Gasteiger partial charge in [0, 0.05) is 11.0 Å². The first-order valence-corrected chi connectivity index (χ1v) is 4.15. The fraction of sp³-hybridized carbons (Fsp3) is 0.250. The second-order valence-corrected chi connectivity index (χ2v) is 3.27. The first-order valence-electron chi connectivity index (χ1n) is 3.36. The molecule has 11 heavy (non-hydrogen) atoms. The Kier molecular flexibility index (Phi) is 3.05. The Balaban J connectivity index is 2.86. The number of hydrogen-bond acceptors (Lipinski definition) is 2. The van der Waals surface area contributed by atoms with Crippen molar-refractivity contribution in [1.82, 2.24) is 5.48 Å². The lowest BCUT2D eigenvalue weighted by atomic mass is 10.1. The minimum Gasteiger partial charge on any atom is -0.316 e. The Bertz CT molecular complexity index is 250. The first kappa shape index (κ1) is 8.71. The zero-order chi connectivity index (χ0) is 8.27. The van der Waals surface area contributed by atoms with Crippen molar-refractivity contribution >= 4 is 15.9 Å². The molecular formula is C8H10BrNO. The van der Waals surface area contributed by atoms with Crippen molar-refractivity contribution in [3.05, 3.63) is 33.8 Å². The van der Waals surface area contributed by atoms with E-state index in [2.05, 4.69) is 21.4 Å². The molecule has 60 valence electrons. The molecule has 0 aliphatic heterocycles. The Morgan fingerprint density at radius 1 is 1.55 bits per heavy atom. The van der Waals surface area contributed by atoms with Crippen molar-refractivity contribution < 1.29 is 5.21 Å². The van der Waals surface area contributed by atoms with Gasteiger partial charge in [0.1, 0.15) is 0 Å². The van der Waals surface area contributed by atoms with Gasteiger partial charge in [0.05, 0.1) is 0 Å². The predicted molar refractivity (Wildman–Crippen MR) is 47.5 cm³/mol. The summed E-state index contributed by atoms with van der Waals surface area (Å²) in [5, 5.41) is 8.42. The lowest BCUT2D eigenvalue weighted by molar-refractivity contribution is 0.161. The van der Waals surface area contributed by atoms with Crippen LogP contribution in [0.4, 0.5) is 0 Å². The summed E-state index contributed by atoms with van der Waals surface area (Å²) in [6.45, 7) is 2.51. The van der Waals surface area contributed by atoms with E-state index >= 15 is 0 Å². The summed E-state index contributed by atoms with van der Waals surface area (Å²) in [4.78, 5) is 0. The number of halogens is 1. The van der Waals surface area contributed by atoms with Gasteiger partial charge in [-0.3, -0.25) is 0 Å². The quantitative estimate of drug-likeness (QED) is 0.743. The van der Waals surface area contributed by atoms with Crippen molar-refractivity contribution in [3.63, 3.8) is 0 Å². The molecule has 0 aliphatic carbocycles.